The minimum atomic E-state index is -3.62. The SMILES string of the molecule is CC(C)(C)OC(=O)N1CCC[C@H](CS(=O)(=O)c2ncc(Cl)cn2)C1. The summed E-state index contributed by atoms with van der Waals surface area (Å²) in [6.45, 7) is 6.32. The molecule has 0 bridgehead atoms. The van der Waals surface area contributed by atoms with Gasteiger partial charge in [-0.3, -0.25) is 0 Å². The van der Waals surface area contributed by atoms with Gasteiger partial charge in [-0.25, -0.2) is 23.2 Å². The molecular formula is C15H22ClN3O4S. The first-order valence-electron chi connectivity index (χ1n) is 7.75. The van der Waals surface area contributed by atoms with Crippen molar-refractivity contribution in [1.82, 2.24) is 14.9 Å². The molecule has 0 spiro atoms. The van der Waals surface area contributed by atoms with Crippen molar-refractivity contribution in [3.05, 3.63) is 17.4 Å². The highest BCUT2D eigenvalue weighted by molar-refractivity contribution is 7.91. The van der Waals surface area contributed by atoms with Crippen LogP contribution in [0.4, 0.5) is 4.79 Å². The third-order valence-corrected chi connectivity index (χ3v) is 5.37. The quantitative estimate of drug-likeness (QED) is 0.754. The number of carbonyl (C=O) groups is 1. The summed E-state index contributed by atoms with van der Waals surface area (Å²) in [5, 5.41) is 0.0454. The van der Waals surface area contributed by atoms with Crippen molar-refractivity contribution in [2.75, 3.05) is 18.8 Å². The Hall–Kier alpha value is -1.41. The lowest BCUT2D eigenvalue weighted by Crippen LogP contribution is -2.44. The summed E-state index contributed by atoms with van der Waals surface area (Å²) in [6.07, 6.45) is 3.57. The van der Waals surface area contributed by atoms with E-state index in [2.05, 4.69) is 9.97 Å². The standard InChI is InChI=1S/C15H22ClN3O4S/c1-15(2,3)23-14(20)19-6-4-5-11(9-19)10-24(21,22)13-17-7-12(16)8-18-13/h7-8,11H,4-6,9-10H2,1-3H3/t11-/m0/s1. The van der Waals surface area contributed by atoms with Gasteiger partial charge in [-0.1, -0.05) is 11.6 Å². The van der Waals surface area contributed by atoms with Crippen LogP contribution in [0.25, 0.3) is 0 Å². The first-order chi connectivity index (χ1) is 11.1. The fraction of sp³-hybridized carbons (Fsp3) is 0.667. The van der Waals surface area contributed by atoms with Crippen LogP contribution in [0.3, 0.4) is 0 Å². The Labute approximate surface area is 147 Å². The van der Waals surface area contributed by atoms with Crippen LogP contribution < -0.4 is 0 Å². The zero-order chi connectivity index (χ0) is 18.0. The van der Waals surface area contributed by atoms with Gasteiger partial charge in [-0.05, 0) is 39.5 Å². The van der Waals surface area contributed by atoms with E-state index in [0.717, 1.165) is 12.8 Å². The molecule has 0 aliphatic carbocycles. The van der Waals surface area contributed by atoms with E-state index in [1.165, 1.54) is 12.4 Å². The molecule has 1 fully saturated rings. The number of likely N-dealkylation sites (tertiary alicyclic amines) is 1. The predicted molar refractivity (Wildman–Crippen MR) is 89.6 cm³/mol. The minimum absolute atomic E-state index is 0.103. The highest BCUT2D eigenvalue weighted by atomic mass is 35.5. The lowest BCUT2D eigenvalue weighted by atomic mass is 10.0. The van der Waals surface area contributed by atoms with Gasteiger partial charge in [0.05, 0.1) is 23.2 Å². The third kappa shape index (κ3) is 5.31. The molecule has 0 aromatic carbocycles. The van der Waals surface area contributed by atoms with E-state index < -0.39 is 21.5 Å². The van der Waals surface area contributed by atoms with Gasteiger partial charge in [0.1, 0.15) is 5.60 Å². The number of rotatable bonds is 3. The van der Waals surface area contributed by atoms with Crippen LogP contribution in [-0.2, 0) is 14.6 Å². The predicted octanol–water partition coefficient (Wildman–Crippen LogP) is 2.55. The average molecular weight is 376 g/mol. The maximum Gasteiger partial charge on any atom is 0.410 e. The molecule has 0 saturated carbocycles. The van der Waals surface area contributed by atoms with Gasteiger partial charge in [-0.15, -0.1) is 0 Å². The number of carbonyl (C=O) groups excluding carboxylic acids is 1. The summed E-state index contributed by atoms with van der Waals surface area (Å²) in [5.74, 6) is -0.274. The number of amides is 1. The number of nitrogens with zero attached hydrogens (tertiary/aromatic N) is 3. The molecule has 24 heavy (non-hydrogen) atoms. The van der Waals surface area contributed by atoms with Crippen molar-refractivity contribution in [3.63, 3.8) is 0 Å². The third-order valence-electron chi connectivity index (χ3n) is 3.50. The van der Waals surface area contributed by atoms with Gasteiger partial charge >= 0.3 is 6.09 Å². The lowest BCUT2D eigenvalue weighted by molar-refractivity contribution is 0.0176. The molecule has 1 aliphatic heterocycles. The van der Waals surface area contributed by atoms with Gasteiger partial charge in [-0.2, -0.15) is 0 Å². The van der Waals surface area contributed by atoms with Crippen LogP contribution >= 0.6 is 11.6 Å². The Morgan fingerprint density at radius 2 is 2.00 bits per heavy atom. The monoisotopic (exact) mass is 375 g/mol. The van der Waals surface area contributed by atoms with Crippen molar-refractivity contribution in [2.45, 2.75) is 44.4 Å². The van der Waals surface area contributed by atoms with Crippen LogP contribution in [0, 0.1) is 5.92 Å². The number of piperidine rings is 1. The van der Waals surface area contributed by atoms with Gasteiger partial charge in [0.25, 0.3) is 0 Å². The van der Waals surface area contributed by atoms with Gasteiger partial charge in [0.15, 0.2) is 0 Å². The molecule has 2 heterocycles. The molecule has 0 N–H and O–H groups in total. The fourth-order valence-corrected chi connectivity index (χ4v) is 4.11. The van der Waals surface area contributed by atoms with Crippen molar-refractivity contribution in [1.29, 1.82) is 0 Å². The number of halogens is 1. The van der Waals surface area contributed by atoms with E-state index >= 15 is 0 Å². The molecular weight excluding hydrogens is 354 g/mol. The second-order valence-electron chi connectivity index (χ2n) is 6.90. The van der Waals surface area contributed by atoms with E-state index in [0.29, 0.717) is 13.1 Å². The molecule has 9 heteroatoms. The van der Waals surface area contributed by atoms with Gasteiger partial charge < -0.3 is 9.64 Å². The first-order valence-corrected chi connectivity index (χ1v) is 9.78. The molecule has 1 aromatic heterocycles. The Morgan fingerprint density at radius 1 is 1.38 bits per heavy atom. The van der Waals surface area contributed by atoms with Crippen LogP contribution in [0.2, 0.25) is 5.02 Å². The first kappa shape index (κ1) is 18.9. The lowest BCUT2D eigenvalue weighted by Gasteiger charge is -2.33. The summed E-state index contributed by atoms with van der Waals surface area (Å²) in [7, 11) is -3.62. The van der Waals surface area contributed by atoms with Gasteiger partial charge in [0, 0.05) is 13.1 Å². The second-order valence-corrected chi connectivity index (χ2v) is 9.26. The largest absolute Gasteiger partial charge is 0.444 e. The van der Waals surface area contributed by atoms with Crippen LogP contribution in [0.1, 0.15) is 33.6 Å². The highest BCUT2D eigenvalue weighted by Gasteiger charge is 2.31. The second kappa shape index (κ2) is 7.23. The number of sulfone groups is 1. The van der Waals surface area contributed by atoms with Crippen molar-refractivity contribution in [3.8, 4) is 0 Å². The maximum atomic E-state index is 12.4. The van der Waals surface area contributed by atoms with E-state index in [1.807, 2.05) is 0 Å². The van der Waals surface area contributed by atoms with Crippen molar-refractivity contribution >= 4 is 27.5 Å². The average Bonchev–Trinajstić information content (AvgIpc) is 2.45. The summed E-state index contributed by atoms with van der Waals surface area (Å²) in [4.78, 5) is 21.3. The maximum absolute atomic E-state index is 12.4. The van der Waals surface area contributed by atoms with Crippen molar-refractivity contribution in [2.24, 2.45) is 5.92 Å². The number of hydrogen-bond donors (Lipinski definition) is 0. The molecule has 0 radical (unpaired) electrons. The molecule has 1 atom stereocenters. The molecule has 1 amide bonds. The minimum Gasteiger partial charge on any atom is -0.444 e. The number of ether oxygens (including phenoxy) is 1. The molecule has 1 aliphatic rings. The fourth-order valence-electron chi connectivity index (χ4n) is 2.54. The molecule has 134 valence electrons. The molecule has 1 aromatic rings. The Bertz CT molecular complexity index is 686. The zero-order valence-electron chi connectivity index (χ0n) is 14.0. The zero-order valence-corrected chi connectivity index (χ0v) is 15.6. The Kier molecular flexibility index (Phi) is 5.70. The molecule has 1 saturated heterocycles. The van der Waals surface area contributed by atoms with E-state index in [1.54, 1.807) is 25.7 Å². The number of hydrogen-bond acceptors (Lipinski definition) is 6. The van der Waals surface area contributed by atoms with E-state index in [-0.39, 0.29) is 21.8 Å². The summed E-state index contributed by atoms with van der Waals surface area (Å²) >= 11 is 5.68. The topological polar surface area (TPSA) is 89.5 Å². The molecule has 0 unspecified atom stereocenters. The Morgan fingerprint density at radius 3 is 2.58 bits per heavy atom. The normalized spacial score (nSPS) is 19.2. The molecule has 7 nitrogen and oxygen atoms in total. The van der Waals surface area contributed by atoms with Crippen molar-refractivity contribution < 1.29 is 17.9 Å². The summed E-state index contributed by atoms with van der Waals surface area (Å²) in [6, 6.07) is 0. The van der Waals surface area contributed by atoms with E-state index in [9.17, 15) is 13.2 Å². The Balaban J connectivity index is 2.02. The van der Waals surface area contributed by atoms with Gasteiger partial charge in [0.2, 0.25) is 15.0 Å². The molecule has 2 rings (SSSR count). The summed E-state index contributed by atoms with van der Waals surface area (Å²) < 4.78 is 30.2. The van der Waals surface area contributed by atoms with Crippen LogP contribution in [0.15, 0.2) is 17.6 Å². The highest BCUT2D eigenvalue weighted by Crippen LogP contribution is 2.22. The van der Waals surface area contributed by atoms with Crippen LogP contribution in [0.5, 0.6) is 0 Å². The van der Waals surface area contributed by atoms with Crippen LogP contribution in [-0.4, -0.2) is 53.8 Å². The smallest absolute Gasteiger partial charge is 0.410 e. The number of aromatic nitrogens is 2. The summed E-state index contributed by atoms with van der Waals surface area (Å²) in [5.41, 5.74) is -0.576. The van der Waals surface area contributed by atoms with E-state index in [4.69, 9.17) is 16.3 Å².